The highest BCUT2D eigenvalue weighted by atomic mass is 32.2. The van der Waals surface area contributed by atoms with E-state index < -0.39 is 15.9 Å². The minimum Gasteiger partial charge on any atom is -0.338 e. The van der Waals surface area contributed by atoms with Gasteiger partial charge in [-0.25, -0.2) is 8.42 Å². The molecule has 0 bridgehead atoms. The van der Waals surface area contributed by atoms with Crippen molar-refractivity contribution in [3.63, 3.8) is 0 Å². The van der Waals surface area contributed by atoms with Crippen LogP contribution in [0.15, 0.2) is 47.4 Å². The lowest BCUT2D eigenvalue weighted by Crippen LogP contribution is -2.36. The molecule has 2 fully saturated rings. The summed E-state index contributed by atoms with van der Waals surface area (Å²) in [6.45, 7) is 5.66. The molecule has 1 N–H and O–H groups in total. The quantitative estimate of drug-likeness (QED) is 0.702. The molecular weight excluding hydrogens is 438 g/mol. The second kappa shape index (κ2) is 9.65. The summed E-state index contributed by atoms with van der Waals surface area (Å²) in [4.78, 5) is 27.3. The molecule has 0 saturated carbocycles. The topological polar surface area (TPSA) is 86.8 Å². The number of carbonyl (C=O) groups is 2. The number of benzene rings is 2. The molecule has 0 aliphatic carbocycles. The van der Waals surface area contributed by atoms with Gasteiger partial charge in [0.05, 0.1) is 10.8 Å². The number of aryl methyl sites for hydroxylation is 2. The number of hydrogen-bond donors (Lipinski definition) is 1. The lowest BCUT2D eigenvalue weighted by molar-refractivity contribution is -0.128. The maximum Gasteiger partial charge on any atom is 0.243 e. The van der Waals surface area contributed by atoms with Gasteiger partial charge < -0.3 is 10.2 Å². The standard InChI is InChI=1S/C25H31N3O4S/c1-18-6-9-20(10-7-18)16-27-17-21(14-24(27)29)25(30)26-22-11-8-19(2)23(15-22)33(31,32)28-12-4-3-5-13-28/h6-11,15,21H,3-5,12-14,16-17H2,1-2H3,(H,26,30). The first kappa shape index (κ1) is 23.4. The van der Waals surface area contributed by atoms with Crippen molar-refractivity contribution in [1.82, 2.24) is 9.21 Å². The molecule has 2 aliphatic heterocycles. The Bertz CT molecular complexity index is 1140. The fourth-order valence-corrected chi connectivity index (χ4v) is 6.23. The van der Waals surface area contributed by atoms with Crippen molar-refractivity contribution in [3.05, 3.63) is 59.2 Å². The molecule has 4 rings (SSSR count). The molecule has 7 nitrogen and oxygen atoms in total. The van der Waals surface area contributed by atoms with Gasteiger partial charge in [-0.1, -0.05) is 42.3 Å². The Kier molecular flexibility index (Phi) is 6.86. The van der Waals surface area contributed by atoms with Crippen molar-refractivity contribution in [1.29, 1.82) is 0 Å². The summed E-state index contributed by atoms with van der Waals surface area (Å²) in [5.74, 6) is -0.778. The minimum atomic E-state index is -3.61. The van der Waals surface area contributed by atoms with Crippen molar-refractivity contribution in [2.45, 2.75) is 51.0 Å². The summed E-state index contributed by atoms with van der Waals surface area (Å²) in [5, 5.41) is 2.84. The Balaban J connectivity index is 1.43. The predicted octanol–water partition coefficient (Wildman–Crippen LogP) is 3.47. The number of nitrogens with zero attached hydrogens (tertiary/aromatic N) is 2. The molecular formula is C25H31N3O4S. The van der Waals surface area contributed by atoms with E-state index in [1.807, 2.05) is 31.2 Å². The van der Waals surface area contributed by atoms with Crippen molar-refractivity contribution in [3.8, 4) is 0 Å². The monoisotopic (exact) mass is 469 g/mol. The molecule has 0 radical (unpaired) electrons. The van der Waals surface area contributed by atoms with Crippen molar-refractivity contribution in [2.24, 2.45) is 5.92 Å². The van der Waals surface area contributed by atoms with Crippen LogP contribution in [-0.2, 0) is 26.2 Å². The number of rotatable bonds is 6. The zero-order chi connectivity index (χ0) is 23.6. The van der Waals surface area contributed by atoms with E-state index in [4.69, 9.17) is 0 Å². The van der Waals surface area contributed by atoms with Crippen LogP contribution in [0.5, 0.6) is 0 Å². The fourth-order valence-electron chi connectivity index (χ4n) is 4.46. The second-order valence-corrected chi connectivity index (χ2v) is 11.0. The third-order valence-electron chi connectivity index (χ3n) is 6.47. The summed E-state index contributed by atoms with van der Waals surface area (Å²) in [6.07, 6.45) is 2.93. The molecule has 2 saturated heterocycles. The number of nitrogens with one attached hydrogen (secondary N) is 1. The van der Waals surface area contributed by atoms with Crippen LogP contribution in [0.1, 0.15) is 42.4 Å². The van der Waals surface area contributed by atoms with Gasteiger partial charge in [0.1, 0.15) is 0 Å². The molecule has 2 aromatic carbocycles. The van der Waals surface area contributed by atoms with Crippen LogP contribution in [0, 0.1) is 19.8 Å². The number of piperidine rings is 1. The van der Waals surface area contributed by atoms with E-state index in [1.165, 1.54) is 10.4 Å². The van der Waals surface area contributed by atoms with Crippen LogP contribution in [0.4, 0.5) is 5.69 Å². The van der Waals surface area contributed by atoms with Gasteiger partial charge in [0.2, 0.25) is 21.8 Å². The number of anilines is 1. The van der Waals surface area contributed by atoms with Crippen molar-refractivity contribution >= 4 is 27.5 Å². The van der Waals surface area contributed by atoms with E-state index in [2.05, 4.69) is 5.32 Å². The van der Waals surface area contributed by atoms with E-state index in [1.54, 1.807) is 24.0 Å². The van der Waals surface area contributed by atoms with Gasteiger partial charge in [0.15, 0.2) is 0 Å². The van der Waals surface area contributed by atoms with Crippen LogP contribution >= 0.6 is 0 Å². The van der Waals surface area contributed by atoms with Crippen LogP contribution in [0.25, 0.3) is 0 Å². The van der Waals surface area contributed by atoms with Gasteiger partial charge in [-0.05, 0) is 49.9 Å². The third kappa shape index (κ3) is 5.28. The molecule has 33 heavy (non-hydrogen) atoms. The number of amides is 2. The highest BCUT2D eigenvalue weighted by Gasteiger charge is 2.34. The molecule has 176 valence electrons. The number of sulfonamides is 1. The average molecular weight is 470 g/mol. The van der Waals surface area contributed by atoms with E-state index in [0.717, 1.165) is 30.4 Å². The fraction of sp³-hybridized carbons (Fsp3) is 0.440. The highest BCUT2D eigenvalue weighted by Crippen LogP contribution is 2.27. The Hall–Kier alpha value is -2.71. The summed E-state index contributed by atoms with van der Waals surface area (Å²) in [7, 11) is -3.61. The van der Waals surface area contributed by atoms with Gasteiger partial charge in [0.25, 0.3) is 0 Å². The van der Waals surface area contributed by atoms with Crippen LogP contribution < -0.4 is 5.32 Å². The molecule has 0 spiro atoms. The molecule has 2 aromatic rings. The molecule has 2 amide bonds. The summed E-state index contributed by atoms with van der Waals surface area (Å²) in [5.41, 5.74) is 3.27. The molecule has 2 heterocycles. The van der Waals surface area contributed by atoms with Crippen LogP contribution in [-0.4, -0.2) is 49.1 Å². The molecule has 2 aliphatic rings. The maximum absolute atomic E-state index is 13.1. The molecule has 8 heteroatoms. The largest absolute Gasteiger partial charge is 0.338 e. The first-order valence-corrected chi connectivity index (χ1v) is 12.9. The zero-order valence-corrected chi connectivity index (χ0v) is 20.0. The summed E-state index contributed by atoms with van der Waals surface area (Å²) >= 11 is 0. The Morgan fingerprint density at radius 3 is 2.42 bits per heavy atom. The van der Waals surface area contributed by atoms with Crippen LogP contribution in [0.3, 0.4) is 0 Å². The lowest BCUT2D eigenvalue weighted by atomic mass is 10.1. The molecule has 1 atom stereocenters. The first-order chi connectivity index (χ1) is 15.7. The Labute approximate surface area is 195 Å². The third-order valence-corrected chi connectivity index (χ3v) is 8.51. The van der Waals surface area contributed by atoms with Gasteiger partial charge in [-0.3, -0.25) is 9.59 Å². The van der Waals surface area contributed by atoms with Crippen molar-refractivity contribution in [2.75, 3.05) is 25.0 Å². The number of likely N-dealkylation sites (tertiary alicyclic amines) is 1. The number of carbonyl (C=O) groups excluding carboxylic acids is 2. The lowest BCUT2D eigenvalue weighted by Gasteiger charge is -2.26. The van der Waals surface area contributed by atoms with Gasteiger partial charge >= 0.3 is 0 Å². The smallest absolute Gasteiger partial charge is 0.243 e. The van der Waals surface area contributed by atoms with E-state index in [-0.39, 0.29) is 23.1 Å². The SMILES string of the molecule is Cc1ccc(CN2CC(C(=O)Nc3ccc(C)c(S(=O)(=O)N4CCCCC4)c3)CC2=O)cc1. The van der Waals surface area contributed by atoms with Gasteiger partial charge in [-0.15, -0.1) is 0 Å². The predicted molar refractivity (Wildman–Crippen MR) is 127 cm³/mol. The molecule has 1 unspecified atom stereocenters. The second-order valence-electron chi connectivity index (χ2n) is 9.10. The van der Waals surface area contributed by atoms with E-state index >= 15 is 0 Å². The van der Waals surface area contributed by atoms with E-state index in [0.29, 0.717) is 37.4 Å². The minimum absolute atomic E-state index is 0.0482. The summed E-state index contributed by atoms with van der Waals surface area (Å²) < 4.78 is 27.8. The number of hydrogen-bond acceptors (Lipinski definition) is 4. The first-order valence-electron chi connectivity index (χ1n) is 11.5. The Morgan fingerprint density at radius 2 is 1.73 bits per heavy atom. The average Bonchev–Trinajstić information content (AvgIpc) is 3.17. The zero-order valence-electron chi connectivity index (χ0n) is 19.2. The van der Waals surface area contributed by atoms with Crippen LogP contribution in [0.2, 0.25) is 0 Å². The van der Waals surface area contributed by atoms with E-state index in [9.17, 15) is 18.0 Å². The highest BCUT2D eigenvalue weighted by molar-refractivity contribution is 7.89. The Morgan fingerprint density at radius 1 is 1.03 bits per heavy atom. The van der Waals surface area contributed by atoms with Gasteiger partial charge in [-0.2, -0.15) is 4.31 Å². The van der Waals surface area contributed by atoms with Crippen molar-refractivity contribution < 1.29 is 18.0 Å². The summed E-state index contributed by atoms with van der Waals surface area (Å²) in [6, 6.07) is 13.0. The molecule has 0 aromatic heterocycles. The normalized spacial score (nSPS) is 19.6. The maximum atomic E-state index is 13.1. The van der Waals surface area contributed by atoms with Gasteiger partial charge in [0, 0.05) is 38.3 Å².